The van der Waals surface area contributed by atoms with Crippen LogP contribution in [0.3, 0.4) is 0 Å². The lowest BCUT2D eigenvalue weighted by atomic mass is 9.91. The molecule has 5 heteroatoms. The molecule has 1 aliphatic rings. The average molecular weight is 313 g/mol. The van der Waals surface area contributed by atoms with Gasteiger partial charge in [-0.2, -0.15) is 5.10 Å². The van der Waals surface area contributed by atoms with Crippen molar-refractivity contribution in [2.24, 2.45) is 5.92 Å². The second-order valence-corrected chi connectivity index (χ2v) is 6.70. The van der Waals surface area contributed by atoms with Gasteiger partial charge in [0, 0.05) is 24.5 Å². The van der Waals surface area contributed by atoms with E-state index in [1.165, 1.54) is 25.9 Å². The number of hydrogen-bond acceptors (Lipinski definition) is 4. The van der Waals surface area contributed by atoms with E-state index < -0.39 is 0 Å². The summed E-state index contributed by atoms with van der Waals surface area (Å²) in [5.74, 6) is 0.740. The van der Waals surface area contributed by atoms with E-state index in [0.717, 1.165) is 36.0 Å². The van der Waals surface area contributed by atoms with E-state index in [2.05, 4.69) is 46.8 Å². The van der Waals surface area contributed by atoms with Gasteiger partial charge in [-0.3, -0.25) is 4.68 Å². The van der Waals surface area contributed by atoms with Crippen LogP contribution in [0.2, 0.25) is 0 Å². The molecule has 1 aliphatic heterocycles. The van der Waals surface area contributed by atoms with Gasteiger partial charge in [0.25, 0.3) is 0 Å². The fraction of sp³-hybridized carbons (Fsp3) is 0.611. The first-order valence-corrected chi connectivity index (χ1v) is 8.74. The van der Waals surface area contributed by atoms with Gasteiger partial charge in [-0.1, -0.05) is 0 Å². The summed E-state index contributed by atoms with van der Waals surface area (Å²) >= 11 is 0. The third-order valence-electron chi connectivity index (χ3n) is 4.88. The van der Waals surface area contributed by atoms with Gasteiger partial charge in [-0.25, -0.2) is 9.97 Å². The van der Waals surface area contributed by atoms with E-state index >= 15 is 0 Å². The zero-order valence-corrected chi connectivity index (χ0v) is 14.4. The molecule has 0 aliphatic carbocycles. The highest BCUT2D eigenvalue weighted by Crippen LogP contribution is 2.24. The Morgan fingerprint density at radius 1 is 1.22 bits per heavy atom. The minimum atomic E-state index is 0.663. The molecule has 5 nitrogen and oxygen atoms in total. The molecule has 0 unspecified atom stereocenters. The molecular weight excluding hydrogens is 286 g/mol. The smallest absolute Gasteiger partial charge is 0.116 e. The summed E-state index contributed by atoms with van der Waals surface area (Å²) in [6.07, 6.45) is 7.12. The summed E-state index contributed by atoms with van der Waals surface area (Å²) in [6, 6.07) is 4.82. The van der Waals surface area contributed by atoms with Crippen molar-refractivity contribution in [2.75, 3.05) is 13.1 Å². The zero-order chi connectivity index (χ0) is 16.2. The molecule has 124 valence electrons. The van der Waals surface area contributed by atoms with Gasteiger partial charge in [0.2, 0.25) is 0 Å². The van der Waals surface area contributed by atoms with Crippen molar-refractivity contribution in [3.63, 3.8) is 0 Å². The number of aromatic nitrogens is 4. The molecule has 3 rings (SSSR count). The van der Waals surface area contributed by atoms with Crippen LogP contribution in [0.1, 0.15) is 39.3 Å². The number of rotatable bonds is 5. The maximum absolute atomic E-state index is 4.50. The SMILES string of the molecule is CCn1nccc1-c1cc(CC2CCN(C(C)C)CC2)ncn1. The van der Waals surface area contributed by atoms with Gasteiger partial charge in [0.15, 0.2) is 0 Å². The molecule has 0 spiro atoms. The minimum absolute atomic E-state index is 0.663. The second kappa shape index (κ2) is 7.21. The number of hydrogen-bond donors (Lipinski definition) is 0. The molecule has 0 bridgehead atoms. The maximum atomic E-state index is 4.50. The first kappa shape index (κ1) is 16.1. The maximum Gasteiger partial charge on any atom is 0.116 e. The highest BCUT2D eigenvalue weighted by atomic mass is 15.3. The molecular formula is C18H27N5. The fourth-order valence-corrected chi connectivity index (χ4v) is 3.42. The summed E-state index contributed by atoms with van der Waals surface area (Å²) < 4.78 is 1.98. The van der Waals surface area contributed by atoms with Crippen LogP contribution in [-0.2, 0) is 13.0 Å². The third-order valence-corrected chi connectivity index (χ3v) is 4.88. The Morgan fingerprint density at radius 2 is 2.00 bits per heavy atom. The molecule has 0 saturated carbocycles. The molecule has 2 aromatic heterocycles. The molecule has 1 saturated heterocycles. The number of nitrogens with zero attached hydrogens (tertiary/aromatic N) is 5. The average Bonchev–Trinajstić information content (AvgIpc) is 3.04. The highest BCUT2D eigenvalue weighted by molar-refractivity contribution is 5.54. The van der Waals surface area contributed by atoms with Crippen LogP contribution in [0.15, 0.2) is 24.7 Å². The number of piperidine rings is 1. The molecule has 3 heterocycles. The second-order valence-electron chi connectivity index (χ2n) is 6.70. The van der Waals surface area contributed by atoms with Crippen LogP contribution in [0, 0.1) is 5.92 Å². The predicted octanol–water partition coefficient (Wildman–Crippen LogP) is 3.02. The van der Waals surface area contributed by atoms with Crippen molar-refractivity contribution in [3.05, 3.63) is 30.4 Å². The summed E-state index contributed by atoms with van der Waals surface area (Å²) in [5.41, 5.74) is 3.21. The molecule has 23 heavy (non-hydrogen) atoms. The topological polar surface area (TPSA) is 46.8 Å². The van der Waals surface area contributed by atoms with Crippen molar-refractivity contribution < 1.29 is 0 Å². The molecule has 0 aromatic carbocycles. The van der Waals surface area contributed by atoms with Crippen molar-refractivity contribution in [1.29, 1.82) is 0 Å². The Kier molecular flexibility index (Phi) is 5.06. The summed E-state index contributed by atoms with van der Waals surface area (Å²) in [7, 11) is 0. The van der Waals surface area contributed by atoms with Crippen molar-refractivity contribution in [1.82, 2.24) is 24.6 Å². The van der Waals surface area contributed by atoms with Crippen LogP contribution >= 0.6 is 0 Å². The van der Waals surface area contributed by atoms with E-state index in [1.807, 2.05) is 16.9 Å². The van der Waals surface area contributed by atoms with Gasteiger partial charge in [-0.15, -0.1) is 0 Å². The van der Waals surface area contributed by atoms with E-state index in [1.54, 1.807) is 6.33 Å². The first-order chi connectivity index (χ1) is 11.2. The number of aryl methyl sites for hydroxylation is 1. The molecule has 2 aromatic rings. The van der Waals surface area contributed by atoms with Crippen molar-refractivity contribution in [3.8, 4) is 11.4 Å². The van der Waals surface area contributed by atoms with Crippen LogP contribution in [0.5, 0.6) is 0 Å². The first-order valence-electron chi connectivity index (χ1n) is 8.74. The monoisotopic (exact) mass is 313 g/mol. The van der Waals surface area contributed by atoms with Gasteiger partial charge < -0.3 is 4.90 Å². The summed E-state index contributed by atoms with van der Waals surface area (Å²) in [4.78, 5) is 11.5. The largest absolute Gasteiger partial charge is 0.301 e. The Hall–Kier alpha value is -1.75. The molecule has 0 atom stereocenters. The molecule has 1 fully saturated rings. The van der Waals surface area contributed by atoms with Crippen LogP contribution < -0.4 is 0 Å². The van der Waals surface area contributed by atoms with Crippen LogP contribution in [0.25, 0.3) is 11.4 Å². The van der Waals surface area contributed by atoms with Crippen LogP contribution in [-0.4, -0.2) is 43.8 Å². The summed E-state index contributed by atoms with van der Waals surface area (Å²) in [6.45, 7) is 9.95. The Balaban J connectivity index is 1.67. The van der Waals surface area contributed by atoms with Crippen molar-refractivity contribution >= 4 is 0 Å². The van der Waals surface area contributed by atoms with Gasteiger partial charge in [0.05, 0.1) is 11.4 Å². The Labute approximate surface area is 138 Å². The lowest BCUT2D eigenvalue weighted by Crippen LogP contribution is -2.38. The molecule has 0 N–H and O–H groups in total. The Bertz CT molecular complexity index is 626. The molecule has 0 radical (unpaired) electrons. The third kappa shape index (κ3) is 3.78. The Morgan fingerprint density at radius 3 is 2.70 bits per heavy atom. The lowest BCUT2D eigenvalue weighted by molar-refractivity contribution is 0.149. The minimum Gasteiger partial charge on any atom is -0.301 e. The van der Waals surface area contributed by atoms with E-state index in [-0.39, 0.29) is 0 Å². The van der Waals surface area contributed by atoms with Gasteiger partial charge in [-0.05, 0) is 71.2 Å². The predicted molar refractivity (Wildman–Crippen MR) is 92.1 cm³/mol. The summed E-state index contributed by atoms with van der Waals surface area (Å²) in [5, 5.41) is 4.33. The molecule has 0 amide bonds. The zero-order valence-electron chi connectivity index (χ0n) is 14.4. The quantitative estimate of drug-likeness (QED) is 0.851. The fourth-order valence-electron chi connectivity index (χ4n) is 3.42. The lowest BCUT2D eigenvalue weighted by Gasteiger charge is -2.34. The van der Waals surface area contributed by atoms with E-state index in [0.29, 0.717) is 6.04 Å². The van der Waals surface area contributed by atoms with Gasteiger partial charge >= 0.3 is 0 Å². The van der Waals surface area contributed by atoms with Crippen molar-refractivity contribution in [2.45, 2.75) is 52.6 Å². The highest BCUT2D eigenvalue weighted by Gasteiger charge is 2.21. The van der Waals surface area contributed by atoms with E-state index in [4.69, 9.17) is 0 Å². The normalized spacial score (nSPS) is 17.0. The van der Waals surface area contributed by atoms with E-state index in [9.17, 15) is 0 Å². The van der Waals surface area contributed by atoms with Gasteiger partial charge in [0.1, 0.15) is 6.33 Å². The standard InChI is InChI=1S/C18H27N5/c1-4-23-18(5-8-21-23)17-12-16(19-13-20-17)11-15-6-9-22(10-7-15)14(2)3/h5,8,12-15H,4,6-7,9-11H2,1-3H3. The van der Waals surface area contributed by atoms with Crippen LogP contribution in [0.4, 0.5) is 0 Å². The number of likely N-dealkylation sites (tertiary alicyclic amines) is 1.